The molecule has 26 heavy (non-hydrogen) atoms. The summed E-state index contributed by atoms with van der Waals surface area (Å²) in [5, 5.41) is 34.5. The summed E-state index contributed by atoms with van der Waals surface area (Å²) in [5.41, 5.74) is 0.158. The molecule has 2 aromatic carbocycles. The molecule has 1 amide bonds. The van der Waals surface area contributed by atoms with E-state index in [4.69, 9.17) is 0 Å². The van der Waals surface area contributed by atoms with Crippen LogP contribution >= 0.6 is 0 Å². The van der Waals surface area contributed by atoms with Crippen molar-refractivity contribution in [1.29, 1.82) is 0 Å². The van der Waals surface area contributed by atoms with Crippen molar-refractivity contribution in [2.45, 2.75) is 26.7 Å². The average molecular weight is 359 g/mol. The lowest BCUT2D eigenvalue weighted by Gasteiger charge is -2.14. The van der Waals surface area contributed by atoms with Gasteiger partial charge in [-0.25, -0.2) is 0 Å². The largest absolute Gasteiger partial charge is 0.508 e. The number of carbonyl (C=O) groups excluding carboxylic acids is 1. The van der Waals surface area contributed by atoms with E-state index in [0.717, 1.165) is 18.2 Å². The van der Waals surface area contributed by atoms with Crippen LogP contribution in [-0.2, 0) is 0 Å². The minimum absolute atomic E-state index is 0.0000342. The molecule has 0 aliphatic carbocycles. The predicted molar refractivity (Wildman–Crippen MR) is 94.6 cm³/mol. The Morgan fingerprint density at radius 3 is 2.31 bits per heavy atom. The first-order valence-corrected chi connectivity index (χ1v) is 7.69. The standard InChI is InChI=1S/C17H17N3O6/c1-9(2)13-8-14(10(3)6-16(13)21)18-17(22)12-5-4-11(19(23)24)7-15(12)20(25)26/h4-9,21H,1-3H3,(H,18,22). The maximum Gasteiger partial charge on any atom is 0.289 e. The molecule has 0 heterocycles. The molecule has 0 atom stereocenters. The number of aromatic hydroxyl groups is 1. The number of non-ortho nitro benzene ring substituents is 1. The number of hydrogen-bond donors (Lipinski definition) is 2. The number of benzene rings is 2. The first-order valence-electron chi connectivity index (χ1n) is 7.69. The summed E-state index contributed by atoms with van der Waals surface area (Å²) >= 11 is 0. The molecule has 9 heteroatoms. The summed E-state index contributed by atoms with van der Waals surface area (Å²) in [7, 11) is 0. The number of amides is 1. The number of phenols is 1. The fourth-order valence-corrected chi connectivity index (χ4v) is 2.47. The van der Waals surface area contributed by atoms with Gasteiger partial charge in [0.2, 0.25) is 0 Å². The van der Waals surface area contributed by atoms with Gasteiger partial charge in [0.1, 0.15) is 11.3 Å². The monoisotopic (exact) mass is 359 g/mol. The Bertz CT molecular complexity index is 908. The number of nitro benzene ring substituents is 2. The minimum atomic E-state index is -0.842. The quantitative estimate of drug-likeness (QED) is 0.472. The fraction of sp³-hybridized carbons (Fsp3) is 0.235. The van der Waals surface area contributed by atoms with E-state index in [9.17, 15) is 30.1 Å². The molecule has 136 valence electrons. The molecule has 0 spiro atoms. The molecule has 0 saturated heterocycles. The van der Waals surface area contributed by atoms with Crippen molar-refractivity contribution in [3.8, 4) is 5.75 Å². The van der Waals surface area contributed by atoms with Crippen molar-refractivity contribution in [3.05, 3.63) is 67.3 Å². The number of aryl methyl sites for hydroxylation is 1. The van der Waals surface area contributed by atoms with Gasteiger partial charge in [-0.2, -0.15) is 0 Å². The number of anilines is 1. The Morgan fingerprint density at radius 1 is 1.12 bits per heavy atom. The van der Waals surface area contributed by atoms with Crippen LogP contribution in [0.3, 0.4) is 0 Å². The number of nitro groups is 2. The lowest BCUT2D eigenvalue weighted by Crippen LogP contribution is -2.15. The Hall–Kier alpha value is -3.49. The van der Waals surface area contributed by atoms with Gasteiger partial charge in [-0.1, -0.05) is 13.8 Å². The molecule has 0 radical (unpaired) electrons. The van der Waals surface area contributed by atoms with Crippen LogP contribution in [0.1, 0.15) is 41.3 Å². The van der Waals surface area contributed by atoms with Gasteiger partial charge in [0.05, 0.1) is 15.9 Å². The van der Waals surface area contributed by atoms with Crippen LogP contribution in [0.4, 0.5) is 17.1 Å². The maximum atomic E-state index is 12.5. The van der Waals surface area contributed by atoms with Gasteiger partial charge >= 0.3 is 0 Å². The van der Waals surface area contributed by atoms with Gasteiger partial charge in [0.25, 0.3) is 17.3 Å². The summed E-state index contributed by atoms with van der Waals surface area (Å²) in [6.07, 6.45) is 0. The van der Waals surface area contributed by atoms with Gasteiger partial charge < -0.3 is 10.4 Å². The Kier molecular flexibility index (Phi) is 5.20. The van der Waals surface area contributed by atoms with Gasteiger partial charge in [-0.3, -0.25) is 25.0 Å². The third kappa shape index (κ3) is 3.77. The van der Waals surface area contributed by atoms with Gasteiger partial charge in [-0.15, -0.1) is 0 Å². The Morgan fingerprint density at radius 2 is 1.77 bits per heavy atom. The summed E-state index contributed by atoms with van der Waals surface area (Å²) < 4.78 is 0. The van der Waals surface area contributed by atoms with Gasteiger partial charge in [0, 0.05) is 11.8 Å². The number of nitrogens with one attached hydrogen (secondary N) is 1. The van der Waals surface area contributed by atoms with E-state index < -0.39 is 27.1 Å². The number of rotatable bonds is 5. The van der Waals surface area contributed by atoms with Gasteiger partial charge in [-0.05, 0) is 42.2 Å². The predicted octanol–water partition coefficient (Wildman–Crippen LogP) is 3.89. The molecule has 2 aromatic rings. The molecule has 0 aliphatic heterocycles. The lowest BCUT2D eigenvalue weighted by molar-refractivity contribution is -0.394. The second-order valence-corrected chi connectivity index (χ2v) is 6.05. The van der Waals surface area contributed by atoms with Crippen molar-refractivity contribution < 1.29 is 19.7 Å². The van der Waals surface area contributed by atoms with E-state index in [1.165, 1.54) is 6.07 Å². The zero-order chi connectivity index (χ0) is 19.6. The van der Waals surface area contributed by atoms with E-state index in [0.29, 0.717) is 16.8 Å². The molecule has 0 unspecified atom stereocenters. The smallest absolute Gasteiger partial charge is 0.289 e. The van der Waals surface area contributed by atoms with E-state index in [1.54, 1.807) is 13.0 Å². The third-order valence-corrected chi connectivity index (χ3v) is 3.88. The zero-order valence-corrected chi connectivity index (χ0v) is 14.3. The van der Waals surface area contributed by atoms with E-state index >= 15 is 0 Å². The lowest BCUT2D eigenvalue weighted by atomic mass is 9.99. The number of phenolic OH excluding ortho intramolecular Hbond substituents is 1. The summed E-state index contributed by atoms with van der Waals surface area (Å²) in [6.45, 7) is 5.41. The first kappa shape index (κ1) is 18.8. The highest BCUT2D eigenvalue weighted by molar-refractivity contribution is 6.07. The SMILES string of the molecule is Cc1cc(O)c(C(C)C)cc1NC(=O)c1ccc([N+](=O)[O-])cc1[N+](=O)[O-]. The molecule has 0 saturated carbocycles. The van der Waals surface area contributed by atoms with Crippen molar-refractivity contribution in [1.82, 2.24) is 0 Å². The third-order valence-electron chi connectivity index (χ3n) is 3.88. The highest BCUT2D eigenvalue weighted by Gasteiger charge is 2.24. The van der Waals surface area contributed by atoms with Crippen LogP contribution in [0.5, 0.6) is 5.75 Å². The van der Waals surface area contributed by atoms with Crippen molar-refractivity contribution in [2.75, 3.05) is 5.32 Å². The molecule has 0 aliphatic rings. The number of nitrogens with zero attached hydrogens (tertiary/aromatic N) is 2. The average Bonchev–Trinajstić information content (AvgIpc) is 2.56. The normalized spacial score (nSPS) is 10.6. The minimum Gasteiger partial charge on any atom is -0.508 e. The van der Waals surface area contributed by atoms with Crippen LogP contribution in [0.2, 0.25) is 0 Å². The second-order valence-electron chi connectivity index (χ2n) is 6.05. The summed E-state index contributed by atoms with van der Waals surface area (Å²) in [4.78, 5) is 32.8. The van der Waals surface area contributed by atoms with Gasteiger partial charge in [0.15, 0.2) is 0 Å². The number of carbonyl (C=O) groups is 1. The fourth-order valence-electron chi connectivity index (χ4n) is 2.47. The molecule has 0 bridgehead atoms. The Labute approximate surface area is 148 Å². The van der Waals surface area contributed by atoms with E-state index in [-0.39, 0.29) is 17.2 Å². The summed E-state index contributed by atoms with van der Waals surface area (Å²) in [6, 6.07) is 5.92. The maximum absolute atomic E-state index is 12.5. The topological polar surface area (TPSA) is 136 Å². The highest BCUT2D eigenvalue weighted by Crippen LogP contribution is 2.32. The van der Waals surface area contributed by atoms with Crippen molar-refractivity contribution in [3.63, 3.8) is 0 Å². The Balaban J connectivity index is 2.44. The molecular formula is C17H17N3O6. The van der Waals surface area contributed by atoms with Crippen LogP contribution in [0, 0.1) is 27.2 Å². The van der Waals surface area contributed by atoms with Crippen LogP contribution in [0.15, 0.2) is 30.3 Å². The van der Waals surface area contributed by atoms with Crippen molar-refractivity contribution >= 4 is 23.0 Å². The molecule has 2 N–H and O–H groups in total. The van der Waals surface area contributed by atoms with Crippen molar-refractivity contribution in [2.24, 2.45) is 0 Å². The van der Waals surface area contributed by atoms with Crippen LogP contribution < -0.4 is 5.32 Å². The molecule has 2 rings (SSSR count). The highest BCUT2D eigenvalue weighted by atomic mass is 16.6. The molecule has 0 aromatic heterocycles. The second kappa shape index (κ2) is 7.18. The zero-order valence-electron chi connectivity index (χ0n) is 14.3. The van der Waals surface area contributed by atoms with Crippen LogP contribution in [-0.4, -0.2) is 20.9 Å². The summed E-state index contributed by atoms with van der Waals surface area (Å²) in [5.74, 6) is -0.674. The van der Waals surface area contributed by atoms with E-state index in [1.807, 2.05) is 13.8 Å². The van der Waals surface area contributed by atoms with E-state index in [2.05, 4.69) is 5.32 Å². The first-order chi connectivity index (χ1) is 12.1. The molecular weight excluding hydrogens is 342 g/mol. The number of hydrogen-bond acceptors (Lipinski definition) is 6. The molecule has 9 nitrogen and oxygen atoms in total. The van der Waals surface area contributed by atoms with Crippen LogP contribution in [0.25, 0.3) is 0 Å². The molecule has 0 fully saturated rings.